The van der Waals surface area contributed by atoms with E-state index < -0.39 is 0 Å². The van der Waals surface area contributed by atoms with E-state index in [4.69, 9.17) is 0 Å². The molecule has 2 nitrogen and oxygen atoms in total. The fraction of sp³-hybridized carbons (Fsp3) is 0.200. The van der Waals surface area contributed by atoms with Crippen LogP contribution in [0, 0.1) is 4.91 Å². The Morgan fingerprint density at radius 3 is 2.75 bits per heavy atom. The second-order valence-corrected chi connectivity index (χ2v) is 2.44. The van der Waals surface area contributed by atoms with Crippen LogP contribution in [-0.4, -0.2) is 6.54 Å². The Labute approximate surface area is 73.0 Å². The third-order valence-corrected chi connectivity index (χ3v) is 1.27. The molecule has 0 aromatic heterocycles. The number of nitroso groups, excluding NO2 is 1. The van der Waals surface area contributed by atoms with Gasteiger partial charge in [0.15, 0.2) is 0 Å². The molecule has 0 spiro atoms. The predicted octanol–water partition coefficient (Wildman–Crippen LogP) is 3.00. The summed E-state index contributed by atoms with van der Waals surface area (Å²) in [6, 6.07) is 0. The molecule has 12 heavy (non-hydrogen) atoms. The van der Waals surface area contributed by atoms with Gasteiger partial charge in [-0.15, -0.1) is 0 Å². The normalized spacial score (nSPS) is 11.6. The van der Waals surface area contributed by atoms with Crippen molar-refractivity contribution in [1.82, 2.24) is 0 Å². The van der Waals surface area contributed by atoms with Crippen molar-refractivity contribution in [3.05, 3.63) is 53.5 Å². The van der Waals surface area contributed by atoms with Crippen LogP contribution in [0.5, 0.6) is 0 Å². The van der Waals surface area contributed by atoms with Gasteiger partial charge in [0.05, 0.1) is 0 Å². The highest BCUT2D eigenvalue weighted by Crippen LogP contribution is 1.97. The number of rotatable bonds is 5. The van der Waals surface area contributed by atoms with Crippen LogP contribution in [0.25, 0.3) is 0 Å². The Bertz CT molecular complexity index is 236. The molecule has 0 bridgehead atoms. The highest BCUT2D eigenvalue weighted by molar-refractivity contribution is 5.28. The lowest BCUT2D eigenvalue weighted by Crippen LogP contribution is -1.78. The van der Waals surface area contributed by atoms with Crippen molar-refractivity contribution in [2.24, 2.45) is 5.18 Å². The maximum absolute atomic E-state index is 9.82. The molecule has 0 aliphatic rings. The number of hydrogen-bond acceptors (Lipinski definition) is 2. The molecule has 0 saturated heterocycles. The molecule has 0 aromatic carbocycles. The Balaban J connectivity index is 4.01. The van der Waals surface area contributed by atoms with Crippen LogP contribution in [0.15, 0.2) is 53.8 Å². The van der Waals surface area contributed by atoms with Gasteiger partial charge in [-0.1, -0.05) is 42.6 Å². The van der Waals surface area contributed by atoms with Crippen molar-refractivity contribution in [2.75, 3.05) is 6.54 Å². The van der Waals surface area contributed by atoms with E-state index in [9.17, 15) is 4.91 Å². The molecule has 0 aromatic rings. The zero-order valence-corrected chi connectivity index (χ0v) is 7.29. The first-order valence-corrected chi connectivity index (χ1v) is 3.65. The molecule has 0 aliphatic carbocycles. The lowest BCUT2D eigenvalue weighted by Gasteiger charge is -1.88. The maximum Gasteiger partial charge on any atom is 0.102 e. The largest absolute Gasteiger partial charge is 0.150 e. The topological polar surface area (TPSA) is 29.4 Å². The number of allylic oxidation sites excluding steroid dienone is 5. The summed E-state index contributed by atoms with van der Waals surface area (Å²) in [5, 5.41) is 2.76. The number of nitrogens with zero attached hydrogens (tertiary/aromatic N) is 1. The van der Waals surface area contributed by atoms with E-state index >= 15 is 0 Å². The molecule has 2 heteroatoms. The van der Waals surface area contributed by atoms with E-state index in [0.29, 0.717) is 0 Å². The average molecular weight is 163 g/mol. The van der Waals surface area contributed by atoms with Gasteiger partial charge in [-0.3, -0.25) is 0 Å². The molecule has 0 radical (unpaired) electrons. The second kappa shape index (κ2) is 6.28. The minimum atomic E-state index is 0.241. The summed E-state index contributed by atoms with van der Waals surface area (Å²) in [5.41, 5.74) is 1.77. The lowest BCUT2D eigenvalue weighted by atomic mass is 10.2. The fourth-order valence-corrected chi connectivity index (χ4v) is 0.559. The molecule has 0 atom stereocenters. The molecule has 0 saturated carbocycles. The first-order chi connectivity index (χ1) is 5.70. The molecular formula is C10H13NO. The lowest BCUT2D eigenvalue weighted by molar-refractivity contribution is 1.12. The van der Waals surface area contributed by atoms with E-state index in [1.807, 2.05) is 25.2 Å². The van der Waals surface area contributed by atoms with Crippen molar-refractivity contribution in [2.45, 2.75) is 6.92 Å². The van der Waals surface area contributed by atoms with E-state index in [1.54, 1.807) is 6.08 Å². The second-order valence-electron chi connectivity index (χ2n) is 2.44. The Kier molecular flexibility index (Phi) is 5.53. The van der Waals surface area contributed by atoms with Gasteiger partial charge in [0.1, 0.15) is 6.54 Å². The third kappa shape index (κ3) is 5.35. The highest BCUT2D eigenvalue weighted by atomic mass is 16.3. The van der Waals surface area contributed by atoms with Crippen molar-refractivity contribution in [1.29, 1.82) is 0 Å². The van der Waals surface area contributed by atoms with Crippen LogP contribution in [0.1, 0.15) is 6.92 Å². The SMILES string of the molecule is C=CC(=C)C=CC=C(C)CN=O. The van der Waals surface area contributed by atoms with Gasteiger partial charge < -0.3 is 0 Å². The van der Waals surface area contributed by atoms with Crippen LogP contribution in [0.3, 0.4) is 0 Å². The van der Waals surface area contributed by atoms with Crippen molar-refractivity contribution >= 4 is 0 Å². The molecule has 0 aliphatic heterocycles. The Morgan fingerprint density at radius 1 is 1.58 bits per heavy atom. The van der Waals surface area contributed by atoms with E-state index in [2.05, 4.69) is 18.3 Å². The summed E-state index contributed by atoms with van der Waals surface area (Å²) >= 11 is 0. The molecule has 0 amide bonds. The molecule has 0 N–H and O–H groups in total. The average Bonchev–Trinajstić information content (AvgIpc) is 2.04. The van der Waals surface area contributed by atoms with Crippen LogP contribution in [0.4, 0.5) is 0 Å². The molecular weight excluding hydrogens is 150 g/mol. The summed E-state index contributed by atoms with van der Waals surface area (Å²) in [7, 11) is 0. The fourth-order valence-electron chi connectivity index (χ4n) is 0.559. The van der Waals surface area contributed by atoms with Gasteiger partial charge in [0, 0.05) is 0 Å². The molecule has 0 unspecified atom stereocenters. The first-order valence-electron chi connectivity index (χ1n) is 3.65. The maximum atomic E-state index is 9.82. The van der Waals surface area contributed by atoms with Crippen molar-refractivity contribution in [3.63, 3.8) is 0 Å². The van der Waals surface area contributed by atoms with Crippen LogP contribution in [0.2, 0.25) is 0 Å². The van der Waals surface area contributed by atoms with Crippen LogP contribution < -0.4 is 0 Å². The summed E-state index contributed by atoms with van der Waals surface area (Å²) in [4.78, 5) is 9.82. The summed E-state index contributed by atoms with van der Waals surface area (Å²) < 4.78 is 0. The zero-order valence-electron chi connectivity index (χ0n) is 7.29. The molecule has 0 heterocycles. The smallest absolute Gasteiger partial charge is 0.102 e. The standard InChI is InChI=1S/C10H13NO/c1-4-9(2)6-5-7-10(3)8-11-12/h4-7H,1-2,8H2,3H3. The van der Waals surface area contributed by atoms with Gasteiger partial charge in [-0.25, -0.2) is 0 Å². The predicted molar refractivity (Wildman–Crippen MR) is 52.9 cm³/mol. The zero-order chi connectivity index (χ0) is 9.40. The Hall–Kier alpha value is -1.44. The Morgan fingerprint density at radius 2 is 2.25 bits per heavy atom. The van der Waals surface area contributed by atoms with Crippen LogP contribution >= 0.6 is 0 Å². The van der Waals surface area contributed by atoms with E-state index in [1.165, 1.54) is 0 Å². The molecule has 64 valence electrons. The quantitative estimate of drug-likeness (QED) is 0.452. The first kappa shape index (κ1) is 10.6. The third-order valence-electron chi connectivity index (χ3n) is 1.27. The summed E-state index contributed by atoms with van der Waals surface area (Å²) in [6.07, 6.45) is 7.14. The summed E-state index contributed by atoms with van der Waals surface area (Å²) in [6.45, 7) is 9.34. The minimum absolute atomic E-state index is 0.241. The molecule has 0 rings (SSSR count). The van der Waals surface area contributed by atoms with E-state index in [0.717, 1.165) is 11.1 Å². The van der Waals surface area contributed by atoms with Crippen molar-refractivity contribution in [3.8, 4) is 0 Å². The van der Waals surface area contributed by atoms with Gasteiger partial charge in [0.2, 0.25) is 0 Å². The van der Waals surface area contributed by atoms with Gasteiger partial charge in [-0.05, 0) is 18.1 Å². The van der Waals surface area contributed by atoms with E-state index in [-0.39, 0.29) is 6.54 Å². The van der Waals surface area contributed by atoms with Crippen LogP contribution in [-0.2, 0) is 0 Å². The monoisotopic (exact) mass is 163 g/mol. The number of hydrogen-bond donors (Lipinski definition) is 0. The summed E-state index contributed by atoms with van der Waals surface area (Å²) in [5.74, 6) is 0. The molecule has 0 fully saturated rings. The highest BCUT2D eigenvalue weighted by Gasteiger charge is 1.83. The van der Waals surface area contributed by atoms with Gasteiger partial charge in [-0.2, -0.15) is 4.91 Å². The van der Waals surface area contributed by atoms with Crippen molar-refractivity contribution < 1.29 is 0 Å². The minimum Gasteiger partial charge on any atom is -0.150 e. The van der Waals surface area contributed by atoms with Gasteiger partial charge >= 0.3 is 0 Å². The van der Waals surface area contributed by atoms with Gasteiger partial charge in [0.25, 0.3) is 0 Å².